The van der Waals surface area contributed by atoms with Gasteiger partial charge >= 0.3 is 0 Å². The zero-order valence-corrected chi connectivity index (χ0v) is 15.4. The first kappa shape index (κ1) is 18.7. The fourth-order valence-electron chi connectivity index (χ4n) is 2.61. The molecule has 2 heterocycles. The van der Waals surface area contributed by atoms with Gasteiger partial charge < -0.3 is 5.32 Å². The van der Waals surface area contributed by atoms with Crippen LogP contribution in [0.2, 0.25) is 0 Å². The van der Waals surface area contributed by atoms with E-state index in [9.17, 15) is 13.2 Å². The van der Waals surface area contributed by atoms with Crippen LogP contribution in [0.15, 0.2) is 78.1 Å². The van der Waals surface area contributed by atoms with Gasteiger partial charge in [0.1, 0.15) is 0 Å². The van der Waals surface area contributed by atoms with Crippen molar-refractivity contribution in [2.45, 2.75) is 17.9 Å². The number of carbonyl (C=O) groups excluding carboxylic acids is 1. The molecule has 138 valence electrons. The monoisotopic (exact) mass is 381 g/mol. The van der Waals surface area contributed by atoms with E-state index in [1.165, 1.54) is 12.1 Å². The van der Waals surface area contributed by atoms with E-state index in [0.717, 1.165) is 16.8 Å². The molecule has 3 aromatic rings. The Morgan fingerprint density at radius 2 is 1.67 bits per heavy atom. The number of hydrogen-bond acceptors (Lipinski definition) is 5. The summed E-state index contributed by atoms with van der Waals surface area (Å²) in [6, 6.07) is 15.5. The maximum absolute atomic E-state index is 12.3. The lowest BCUT2D eigenvalue weighted by atomic mass is 10.1. The number of aromatic nitrogens is 2. The molecule has 0 radical (unpaired) electrons. The van der Waals surface area contributed by atoms with Crippen LogP contribution in [0.4, 0.5) is 0 Å². The summed E-state index contributed by atoms with van der Waals surface area (Å²) in [4.78, 5) is 20.7. The van der Waals surface area contributed by atoms with Crippen LogP contribution < -0.4 is 5.32 Å². The Balaban J connectivity index is 1.61. The average Bonchev–Trinajstić information content (AvgIpc) is 2.72. The van der Waals surface area contributed by atoms with Gasteiger partial charge in [0.15, 0.2) is 9.84 Å². The lowest BCUT2D eigenvalue weighted by Gasteiger charge is -2.10. The molecule has 0 spiro atoms. The number of pyridine rings is 2. The van der Waals surface area contributed by atoms with Gasteiger partial charge in [0.2, 0.25) is 5.91 Å². The fourth-order valence-corrected chi connectivity index (χ4v) is 3.87. The SMILES string of the molecule is O=C(CCS(=O)(=O)c1ccccc1)NCc1cccnc1-c1ccncc1. The van der Waals surface area contributed by atoms with Gasteiger partial charge in [-0.25, -0.2) is 8.42 Å². The van der Waals surface area contributed by atoms with Crippen LogP contribution in [0.1, 0.15) is 12.0 Å². The summed E-state index contributed by atoms with van der Waals surface area (Å²) in [6.45, 7) is 0.274. The lowest BCUT2D eigenvalue weighted by molar-refractivity contribution is -0.120. The first-order chi connectivity index (χ1) is 13.1. The van der Waals surface area contributed by atoms with Gasteiger partial charge in [-0.1, -0.05) is 24.3 Å². The molecule has 1 amide bonds. The third kappa shape index (κ3) is 4.98. The third-order valence-electron chi connectivity index (χ3n) is 4.02. The Bertz CT molecular complexity index is 1010. The molecule has 3 rings (SSSR count). The first-order valence-electron chi connectivity index (χ1n) is 8.45. The first-order valence-corrected chi connectivity index (χ1v) is 10.1. The highest BCUT2D eigenvalue weighted by Crippen LogP contribution is 2.20. The summed E-state index contributed by atoms with van der Waals surface area (Å²) < 4.78 is 24.5. The van der Waals surface area contributed by atoms with Crippen molar-refractivity contribution < 1.29 is 13.2 Å². The van der Waals surface area contributed by atoms with Gasteiger partial charge in [-0.15, -0.1) is 0 Å². The van der Waals surface area contributed by atoms with Gasteiger partial charge in [0, 0.05) is 37.1 Å². The molecule has 0 bridgehead atoms. The van der Waals surface area contributed by atoms with Crippen LogP contribution in [0.5, 0.6) is 0 Å². The highest BCUT2D eigenvalue weighted by Gasteiger charge is 2.16. The maximum Gasteiger partial charge on any atom is 0.221 e. The summed E-state index contributed by atoms with van der Waals surface area (Å²) in [5.41, 5.74) is 2.52. The average molecular weight is 381 g/mol. The van der Waals surface area contributed by atoms with E-state index >= 15 is 0 Å². The van der Waals surface area contributed by atoms with Crippen molar-refractivity contribution in [3.05, 3.63) is 78.8 Å². The molecule has 1 aromatic carbocycles. The standard InChI is InChI=1S/C20H19N3O3S/c24-19(10-14-27(25,26)18-6-2-1-3-7-18)23-15-17-5-4-11-22-20(17)16-8-12-21-13-9-16/h1-9,11-13H,10,14-15H2,(H,23,24). The predicted octanol–water partition coefficient (Wildman–Crippen LogP) is 2.62. The minimum absolute atomic E-state index is 0.0952. The number of nitrogens with one attached hydrogen (secondary N) is 1. The Morgan fingerprint density at radius 3 is 2.41 bits per heavy atom. The van der Waals surface area contributed by atoms with E-state index < -0.39 is 9.84 Å². The number of benzene rings is 1. The molecule has 0 fully saturated rings. The predicted molar refractivity (Wildman–Crippen MR) is 102 cm³/mol. The second kappa shape index (κ2) is 8.55. The van der Waals surface area contributed by atoms with Crippen molar-refractivity contribution >= 4 is 15.7 Å². The van der Waals surface area contributed by atoms with Gasteiger partial charge in [0.05, 0.1) is 16.3 Å². The molecule has 0 aliphatic carbocycles. The topological polar surface area (TPSA) is 89.0 Å². The fraction of sp³-hybridized carbons (Fsp3) is 0.150. The molecule has 0 aliphatic heterocycles. The molecule has 1 N–H and O–H groups in total. The zero-order valence-electron chi connectivity index (χ0n) is 14.6. The summed E-state index contributed by atoms with van der Waals surface area (Å²) >= 11 is 0. The van der Waals surface area contributed by atoms with Crippen LogP contribution in [0.25, 0.3) is 11.3 Å². The van der Waals surface area contributed by atoms with Crippen LogP contribution in [0, 0.1) is 0 Å². The quantitative estimate of drug-likeness (QED) is 0.680. The molecule has 0 atom stereocenters. The highest BCUT2D eigenvalue weighted by molar-refractivity contribution is 7.91. The molecular weight excluding hydrogens is 362 g/mol. The second-order valence-corrected chi connectivity index (χ2v) is 8.01. The number of amides is 1. The molecule has 2 aromatic heterocycles. The summed E-state index contributed by atoms with van der Waals surface area (Å²) in [7, 11) is -3.47. The number of sulfone groups is 1. The minimum Gasteiger partial charge on any atom is -0.352 e. The summed E-state index contributed by atoms with van der Waals surface area (Å²) in [6.07, 6.45) is 4.96. The van der Waals surface area contributed by atoms with Crippen molar-refractivity contribution in [3.63, 3.8) is 0 Å². The largest absolute Gasteiger partial charge is 0.352 e. The Morgan fingerprint density at radius 1 is 0.926 bits per heavy atom. The summed E-state index contributed by atoms with van der Waals surface area (Å²) in [5.74, 6) is -0.549. The molecule has 6 nitrogen and oxygen atoms in total. The molecule has 0 saturated heterocycles. The number of carbonyl (C=O) groups is 1. The van der Waals surface area contributed by atoms with Crippen molar-refractivity contribution in [1.29, 1.82) is 0 Å². The van der Waals surface area contributed by atoms with Crippen LogP contribution >= 0.6 is 0 Å². The van der Waals surface area contributed by atoms with Gasteiger partial charge in [0.25, 0.3) is 0 Å². The Kier molecular flexibility index (Phi) is 5.93. The minimum atomic E-state index is -3.47. The smallest absolute Gasteiger partial charge is 0.221 e. The number of rotatable bonds is 7. The lowest BCUT2D eigenvalue weighted by Crippen LogP contribution is -2.25. The van der Waals surface area contributed by atoms with Crippen LogP contribution in [0.3, 0.4) is 0 Å². The maximum atomic E-state index is 12.3. The molecule has 7 heteroatoms. The van der Waals surface area contributed by atoms with Crippen LogP contribution in [-0.4, -0.2) is 30.0 Å². The molecular formula is C20H19N3O3S. The van der Waals surface area contributed by atoms with E-state index in [2.05, 4.69) is 15.3 Å². The molecule has 27 heavy (non-hydrogen) atoms. The van der Waals surface area contributed by atoms with Gasteiger partial charge in [-0.3, -0.25) is 14.8 Å². The Labute approximate surface area is 158 Å². The molecule has 0 aliphatic rings. The molecule has 0 saturated carbocycles. The van der Waals surface area contributed by atoms with E-state index in [1.807, 2.05) is 18.2 Å². The van der Waals surface area contributed by atoms with Crippen molar-refractivity contribution in [1.82, 2.24) is 15.3 Å². The van der Waals surface area contributed by atoms with Crippen molar-refractivity contribution in [2.24, 2.45) is 0 Å². The number of nitrogens with zero attached hydrogens (tertiary/aromatic N) is 2. The highest BCUT2D eigenvalue weighted by atomic mass is 32.2. The van der Waals surface area contributed by atoms with Crippen molar-refractivity contribution in [3.8, 4) is 11.3 Å². The second-order valence-electron chi connectivity index (χ2n) is 5.91. The third-order valence-corrected chi connectivity index (χ3v) is 5.75. The normalized spacial score (nSPS) is 11.1. The van der Waals surface area contributed by atoms with Crippen LogP contribution in [-0.2, 0) is 21.2 Å². The van der Waals surface area contributed by atoms with E-state index in [0.29, 0.717) is 0 Å². The van der Waals surface area contributed by atoms with E-state index in [4.69, 9.17) is 0 Å². The number of hydrogen-bond donors (Lipinski definition) is 1. The van der Waals surface area contributed by atoms with Gasteiger partial charge in [-0.2, -0.15) is 0 Å². The summed E-state index contributed by atoms with van der Waals surface area (Å²) in [5, 5.41) is 2.77. The zero-order chi connectivity index (χ0) is 19.1. The van der Waals surface area contributed by atoms with Gasteiger partial charge in [-0.05, 0) is 35.9 Å². The molecule has 0 unspecified atom stereocenters. The Hall–Kier alpha value is -3.06. The van der Waals surface area contributed by atoms with E-state index in [1.54, 1.807) is 42.9 Å². The van der Waals surface area contributed by atoms with Crippen molar-refractivity contribution in [2.75, 3.05) is 5.75 Å². The van der Waals surface area contributed by atoms with E-state index in [-0.39, 0.29) is 29.5 Å².